The summed E-state index contributed by atoms with van der Waals surface area (Å²) >= 11 is 1.62. The number of benzene rings is 1. The van der Waals surface area contributed by atoms with E-state index in [1.54, 1.807) is 11.8 Å². The number of piperidine rings is 1. The van der Waals surface area contributed by atoms with Crippen LogP contribution in [-0.4, -0.2) is 29.4 Å². The molecule has 1 saturated heterocycles. The molecule has 1 aromatic carbocycles. The monoisotopic (exact) mass is 277 g/mol. The molecule has 2 fully saturated rings. The lowest BCUT2D eigenvalue weighted by molar-refractivity contribution is 0.0693. The third-order valence-corrected chi connectivity index (χ3v) is 5.18. The Morgan fingerprint density at radius 2 is 2.32 bits per heavy atom. The first-order valence-corrected chi connectivity index (χ1v) is 7.95. The lowest BCUT2D eigenvalue weighted by Gasteiger charge is -2.30. The van der Waals surface area contributed by atoms with Crippen LogP contribution < -0.4 is 4.90 Å². The van der Waals surface area contributed by atoms with Crippen molar-refractivity contribution in [1.82, 2.24) is 0 Å². The maximum Gasteiger partial charge on any atom is 0.338 e. The van der Waals surface area contributed by atoms with Gasteiger partial charge in [-0.25, -0.2) is 4.79 Å². The predicted octanol–water partition coefficient (Wildman–Crippen LogP) is 3.49. The van der Waals surface area contributed by atoms with E-state index in [1.165, 1.54) is 19.3 Å². The second-order valence-electron chi connectivity index (χ2n) is 5.37. The number of rotatable bonds is 4. The first-order valence-electron chi connectivity index (χ1n) is 6.96. The molecule has 102 valence electrons. The second-order valence-corrected chi connectivity index (χ2v) is 6.68. The first kappa shape index (κ1) is 12.9. The largest absolute Gasteiger partial charge is 0.478 e. The summed E-state index contributed by atoms with van der Waals surface area (Å²) in [6, 6.07) is 6.45. The Morgan fingerprint density at radius 3 is 2.89 bits per heavy atom. The van der Waals surface area contributed by atoms with Gasteiger partial charge < -0.3 is 10.0 Å². The van der Waals surface area contributed by atoms with E-state index in [9.17, 15) is 9.90 Å². The molecule has 1 heterocycles. The molecule has 1 aromatic rings. The van der Waals surface area contributed by atoms with Crippen LogP contribution >= 0.6 is 11.8 Å². The van der Waals surface area contributed by atoms with Gasteiger partial charge in [0.15, 0.2) is 0 Å². The van der Waals surface area contributed by atoms with Crippen molar-refractivity contribution in [2.24, 2.45) is 5.92 Å². The molecule has 3 rings (SSSR count). The van der Waals surface area contributed by atoms with Crippen molar-refractivity contribution < 1.29 is 9.90 Å². The zero-order valence-corrected chi connectivity index (χ0v) is 11.9. The number of nitrogens with zero attached hydrogens (tertiary/aromatic N) is 1. The molecule has 0 aromatic heterocycles. The molecule has 2 atom stereocenters. The predicted molar refractivity (Wildman–Crippen MR) is 78.3 cm³/mol. The molecule has 0 spiro atoms. The minimum absolute atomic E-state index is 0.502. The van der Waals surface area contributed by atoms with Crippen molar-refractivity contribution in [2.75, 3.05) is 17.2 Å². The van der Waals surface area contributed by atoms with Crippen LogP contribution in [0.4, 0.5) is 5.69 Å². The number of hydrogen-bond donors (Lipinski definition) is 1. The molecule has 0 radical (unpaired) electrons. The average Bonchev–Trinajstić information content (AvgIpc) is 3.00. The standard InChI is InChI=1S/C15H19NO2S/c1-2-19-13-5-3-4-12(14(13)15(17)18)16-9-10-6-7-11(16)8-10/h3-5,10-11H,2,6-9H2,1H3,(H,17,18). The SMILES string of the molecule is CCSc1cccc(N2CC3CCC2C3)c1C(=O)O. The topological polar surface area (TPSA) is 40.5 Å². The Balaban J connectivity index is 2.00. The van der Waals surface area contributed by atoms with E-state index < -0.39 is 5.97 Å². The van der Waals surface area contributed by atoms with Crippen LogP contribution in [0.1, 0.15) is 36.5 Å². The van der Waals surface area contributed by atoms with Gasteiger partial charge in [-0.3, -0.25) is 0 Å². The van der Waals surface area contributed by atoms with Crippen LogP contribution in [0.2, 0.25) is 0 Å². The molecule has 3 nitrogen and oxygen atoms in total. The molecular formula is C15H19NO2S. The molecule has 1 saturated carbocycles. The van der Waals surface area contributed by atoms with Gasteiger partial charge in [0.25, 0.3) is 0 Å². The van der Waals surface area contributed by atoms with Gasteiger partial charge in [0.1, 0.15) is 0 Å². The Bertz CT molecular complexity index is 503. The first-order chi connectivity index (χ1) is 9.20. The van der Waals surface area contributed by atoms with Gasteiger partial charge in [0, 0.05) is 17.5 Å². The highest BCUT2D eigenvalue weighted by molar-refractivity contribution is 7.99. The normalized spacial score (nSPS) is 25.0. The number of anilines is 1. The van der Waals surface area contributed by atoms with Gasteiger partial charge in [-0.1, -0.05) is 13.0 Å². The van der Waals surface area contributed by atoms with Gasteiger partial charge in [-0.2, -0.15) is 0 Å². The molecular weight excluding hydrogens is 258 g/mol. The van der Waals surface area contributed by atoms with E-state index in [0.717, 1.165) is 28.8 Å². The van der Waals surface area contributed by atoms with Crippen molar-refractivity contribution in [1.29, 1.82) is 0 Å². The fourth-order valence-corrected chi connectivity index (χ4v) is 4.29. The summed E-state index contributed by atoms with van der Waals surface area (Å²) in [5, 5.41) is 9.56. The number of carboxylic acids is 1. The van der Waals surface area contributed by atoms with Crippen LogP contribution in [0, 0.1) is 5.92 Å². The van der Waals surface area contributed by atoms with Crippen molar-refractivity contribution in [3.63, 3.8) is 0 Å². The van der Waals surface area contributed by atoms with Crippen LogP contribution in [0.15, 0.2) is 23.1 Å². The van der Waals surface area contributed by atoms with Crippen LogP contribution in [-0.2, 0) is 0 Å². The molecule has 1 aliphatic heterocycles. The molecule has 4 heteroatoms. The van der Waals surface area contributed by atoms with Crippen LogP contribution in [0.3, 0.4) is 0 Å². The van der Waals surface area contributed by atoms with Gasteiger partial charge in [0.05, 0.1) is 11.3 Å². The van der Waals surface area contributed by atoms with E-state index in [-0.39, 0.29) is 0 Å². The quantitative estimate of drug-likeness (QED) is 0.855. The Labute approximate surface area is 118 Å². The van der Waals surface area contributed by atoms with Gasteiger partial charge in [-0.05, 0) is 43.1 Å². The van der Waals surface area contributed by atoms with Crippen molar-refractivity contribution >= 4 is 23.4 Å². The second kappa shape index (κ2) is 5.08. The molecule has 1 aliphatic carbocycles. The van der Waals surface area contributed by atoms with Gasteiger partial charge in [0.2, 0.25) is 0 Å². The lowest BCUT2D eigenvalue weighted by atomic mass is 10.1. The smallest absolute Gasteiger partial charge is 0.338 e. The Hall–Kier alpha value is -1.16. The highest BCUT2D eigenvalue weighted by Gasteiger charge is 2.39. The molecule has 19 heavy (non-hydrogen) atoms. The minimum atomic E-state index is -0.797. The Morgan fingerprint density at radius 1 is 1.47 bits per heavy atom. The van der Waals surface area contributed by atoms with Crippen LogP contribution in [0.5, 0.6) is 0 Å². The van der Waals surface area contributed by atoms with Gasteiger partial charge in [-0.15, -0.1) is 11.8 Å². The highest BCUT2D eigenvalue weighted by atomic mass is 32.2. The Kier molecular flexibility index (Phi) is 3.44. The van der Waals surface area contributed by atoms with Crippen molar-refractivity contribution in [3.05, 3.63) is 23.8 Å². The third-order valence-electron chi connectivity index (χ3n) is 4.24. The lowest BCUT2D eigenvalue weighted by Crippen LogP contribution is -2.33. The number of carboxylic acid groups (broad SMARTS) is 1. The zero-order valence-electron chi connectivity index (χ0n) is 11.1. The summed E-state index contributed by atoms with van der Waals surface area (Å²) in [5.74, 6) is 0.874. The summed E-state index contributed by atoms with van der Waals surface area (Å²) in [6.07, 6.45) is 3.77. The number of aromatic carboxylic acids is 1. The summed E-state index contributed by atoms with van der Waals surface area (Å²) in [4.78, 5) is 14.9. The summed E-state index contributed by atoms with van der Waals surface area (Å²) in [6.45, 7) is 3.09. The van der Waals surface area contributed by atoms with E-state index in [2.05, 4.69) is 11.8 Å². The molecule has 0 amide bonds. The molecule has 2 aliphatic rings. The number of fused-ring (bicyclic) bond motifs is 2. The maximum absolute atomic E-state index is 11.6. The number of hydrogen-bond acceptors (Lipinski definition) is 3. The highest BCUT2D eigenvalue weighted by Crippen LogP contribution is 2.42. The van der Waals surface area contributed by atoms with Crippen molar-refractivity contribution in [2.45, 2.75) is 37.1 Å². The zero-order chi connectivity index (χ0) is 13.4. The number of thioether (sulfide) groups is 1. The molecule has 1 N–H and O–H groups in total. The fraction of sp³-hybridized carbons (Fsp3) is 0.533. The van der Waals surface area contributed by atoms with E-state index in [0.29, 0.717) is 11.6 Å². The third kappa shape index (κ3) is 2.22. The summed E-state index contributed by atoms with van der Waals surface area (Å²) < 4.78 is 0. The summed E-state index contributed by atoms with van der Waals surface area (Å²) in [5.41, 5.74) is 1.43. The molecule has 2 unspecified atom stereocenters. The van der Waals surface area contributed by atoms with E-state index >= 15 is 0 Å². The van der Waals surface area contributed by atoms with Crippen molar-refractivity contribution in [3.8, 4) is 0 Å². The molecule has 2 bridgehead atoms. The van der Waals surface area contributed by atoms with E-state index in [1.807, 2.05) is 18.2 Å². The van der Waals surface area contributed by atoms with E-state index in [4.69, 9.17) is 0 Å². The van der Waals surface area contributed by atoms with Gasteiger partial charge >= 0.3 is 5.97 Å². The minimum Gasteiger partial charge on any atom is -0.478 e. The summed E-state index contributed by atoms with van der Waals surface area (Å²) in [7, 11) is 0. The van der Waals surface area contributed by atoms with Crippen LogP contribution in [0.25, 0.3) is 0 Å². The fourth-order valence-electron chi connectivity index (χ4n) is 3.47. The maximum atomic E-state index is 11.6. The number of carbonyl (C=O) groups is 1. The average molecular weight is 277 g/mol.